The molecule has 0 atom stereocenters. The summed E-state index contributed by atoms with van der Waals surface area (Å²) in [4.78, 5) is 10.7. The third-order valence-corrected chi connectivity index (χ3v) is 3.79. The number of hydrogen-bond acceptors (Lipinski definition) is 4. The van der Waals surface area contributed by atoms with Crippen LogP contribution >= 0.6 is 15.9 Å². The summed E-state index contributed by atoms with van der Waals surface area (Å²) in [5.41, 5.74) is -0.133. The first kappa shape index (κ1) is 13.6. The molecule has 106 valence electrons. The first-order valence-corrected chi connectivity index (χ1v) is 6.93. The lowest BCUT2D eigenvalue weighted by atomic mass is 10.1. The highest BCUT2D eigenvalue weighted by atomic mass is 79.9. The summed E-state index contributed by atoms with van der Waals surface area (Å²) in [5, 5.41) is 14.4. The van der Waals surface area contributed by atoms with Crippen LogP contribution in [0.2, 0.25) is 0 Å². The minimum Gasteiger partial charge on any atom is -0.484 e. The summed E-state index contributed by atoms with van der Waals surface area (Å²) in [5.74, 6) is -0.119. The molecule has 0 fully saturated rings. The Balaban J connectivity index is 1.81. The molecule has 1 heterocycles. The van der Waals surface area contributed by atoms with Crippen molar-refractivity contribution < 1.29 is 19.2 Å². The zero-order valence-electron chi connectivity index (χ0n) is 10.7. The lowest BCUT2D eigenvalue weighted by molar-refractivity contribution is 0.0685. The van der Waals surface area contributed by atoms with Gasteiger partial charge in [0.1, 0.15) is 12.4 Å². The minimum absolute atomic E-state index is 0.108. The van der Waals surface area contributed by atoms with E-state index in [0.717, 1.165) is 15.2 Å². The van der Waals surface area contributed by atoms with Crippen LogP contribution in [0.4, 0.5) is 0 Å². The van der Waals surface area contributed by atoms with E-state index < -0.39 is 5.97 Å². The Kier molecular flexibility index (Phi) is 3.62. The summed E-state index contributed by atoms with van der Waals surface area (Å²) in [6, 6.07) is 13.1. The molecule has 0 saturated heterocycles. The molecule has 1 N–H and O–H groups in total. The normalized spacial score (nSPS) is 10.7. The molecule has 0 aliphatic carbocycles. The van der Waals surface area contributed by atoms with Gasteiger partial charge in [-0.05, 0) is 32.8 Å². The quantitative estimate of drug-likeness (QED) is 0.775. The van der Waals surface area contributed by atoms with Crippen molar-refractivity contribution in [2.75, 3.05) is 0 Å². The largest absolute Gasteiger partial charge is 0.484 e. The molecule has 0 amide bonds. The van der Waals surface area contributed by atoms with Gasteiger partial charge in [-0.3, -0.25) is 0 Å². The molecule has 0 bridgehead atoms. The molecule has 3 aromatic rings. The van der Waals surface area contributed by atoms with Crippen molar-refractivity contribution in [1.29, 1.82) is 0 Å². The number of carboxylic acid groups (broad SMARTS) is 1. The molecule has 2 aromatic carbocycles. The van der Waals surface area contributed by atoms with Gasteiger partial charge in [-0.1, -0.05) is 35.5 Å². The third-order valence-electron chi connectivity index (χ3n) is 2.98. The Morgan fingerprint density at radius 2 is 2.10 bits per heavy atom. The fourth-order valence-electron chi connectivity index (χ4n) is 1.96. The topological polar surface area (TPSA) is 72.6 Å². The van der Waals surface area contributed by atoms with Gasteiger partial charge in [0.05, 0.1) is 4.47 Å². The Morgan fingerprint density at radius 1 is 1.29 bits per heavy atom. The second kappa shape index (κ2) is 5.57. The van der Waals surface area contributed by atoms with Gasteiger partial charge in [0.15, 0.2) is 11.5 Å². The lowest BCUT2D eigenvalue weighted by Crippen LogP contribution is -1.96. The molecule has 0 aliphatic rings. The molecular formula is C15H10BrNO4. The highest BCUT2D eigenvalue weighted by Gasteiger charge is 2.12. The molecule has 0 radical (unpaired) electrons. The van der Waals surface area contributed by atoms with Crippen LogP contribution in [-0.4, -0.2) is 16.2 Å². The van der Waals surface area contributed by atoms with Crippen LogP contribution in [0.25, 0.3) is 10.8 Å². The van der Waals surface area contributed by atoms with E-state index in [1.54, 1.807) is 0 Å². The third kappa shape index (κ3) is 2.75. The zero-order chi connectivity index (χ0) is 14.8. The second-order valence-electron chi connectivity index (χ2n) is 4.37. The summed E-state index contributed by atoms with van der Waals surface area (Å²) < 4.78 is 11.4. The maximum atomic E-state index is 10.7. The van der Waals surface area contributed by atoms with Gasteiger partial charge in [0, 0.05) is 6.07 Å². The van der Waals surface area contributed by atoms with Crippen molar-refractivity contribution >= 4 is 32.7 Å². The van der Waals surface area contributed by atoms with E-state index in [1.807, 2.05) is 36.4 Å². The Bertz CT molecular complexity index is 812. The number of halogens is 1. The van der Waals surface area contributed by atoms with Crippen LogP contribution < -0.4 is 4.74 Å². The number of ether oxygens (including phenoxy) is 1. The summed E-state index contributed by atoms with van der Waals surface area (Å²) in [7, 11) is 0. The van der Waals surface area contributed by atoms with Gasteiger partial charge in [0.25, 0.3) is 0 Å². The predicted octanol–water partition coefficient (Wildman–Crippen LogP) is 3.87. The van der Waals surface area contributed by atoms with Gasteiger partial charge >= 0.3 is 5.97 Å². The molecule has 5 nitrogen and oxygen atoms in total. The van der Waals surface area contributed by atoms with Crippen molar-refractivity contribution in [2.45, 2.75) is 6.61 Å². The molecule has 6 heteroatoms. The Labute approximate surface area is 128 Å². The lowest BCUT2D eigenvalue weighted by Gasteiger charge is -2.08. The maximum absolute atomic E-state index is 10.7. The van der Waals surface area contributed by atoms with Crippen molar-refractivity contribution in [3.63, 3.8) is 0 Å². The second-order valence-corrected chi connectivity index (χ2v) is 5.16. The molecule has 0 saturated carbocycles. The number of fused-ring (bicyclic) bond motifs is 1. The number of rotatable bonds is 4. The number of carboxylic acids is 1. The van der Waals surface area contributed by atoms with E-state index >= 15 is 0 Å². The number of aromatic nitrogens is 1. The number of nitrogens with zero attached hydrogens (tertiary/aromatic N) is 1. The summed E-state index contributed by atoms with van der Waals surface area (Å²) in [6.45, 7) is 0.108. The highest BCUT2D eigenvalue weighted by molar-refractivity contribution is 9.10. The van der Waals surface area contributed by atoms with E-state index in [1.165, 1.54) is 6.07 Å². The maximum Gasteiger partial charge on any atom is 0.358 e. The van der Waals surface area contributed by atoms with E-state index in [4.69, 9.17) is 14.4 Å². The average molecular weight is 348 g/mol. The highest BCUT2D eigenvalue weighted by Crippen LogP contribution is 2.33. The summed E-state index contributed by atoms with van der Waals surface area (Å²) >= 11 is 3.52. The van der Waals surface area contributed by atoms with Gasteiger partial charge in [-0.15, -0.1) is 0 Å². The minimum atomic E-state index is -1.13. The van der Waals surface area contributed by atoms with Crippen molar-refractivity contribution in [3.8, 4) is 5.75 Å². The van der Waals surface area contributed by atoms with Gasteiger partial charge in [-0.25, -0.2) is 4.79 Å². The summed E-state index contributed by atoms with van der Waals surface area (Å²) in [6.07, 6.45) is 0. The van der Waals surface area contributed by atoms with E-state index in [-0.39, 0.29) is 12.3 Å². The number of benzene rings is 2. The van der Waals surface area contributed by atoms with Crippen molar-refractivity contribution in [2.24, 2.45) is 0 Å². The molecular weight excluding hydrogens is 338 g/mol. The van der Waals surface area contributed by atoms with Gasteiger partial charge in [0.2, 0.25) is 0 Å². The van der Waals surface area contributed by atoms with E-state index in [0.29, 0.717) is 11.5 Å². The van der Waals surface area contributed by atoms with Crippen LogP contribution in [0.3, 0.4) is 0 Å². The van der Waals surface area contributed by atoms with Gasteiger partial charge in [-0.2, -0.15) is 0 Å². The fourth-order valence-corrected chi connectivity index (χ4v) is 2.56. The SMILES string of the molecule is O=C(O)c1cc(COc2ccc3ccccc3c2Br)on1. The van der Waals surface area contributed by atoms with Crippen LogP contribution in [0.15, 0.2) is 51.5 Å². The zero-order valence-corrected chi connectivity index (χ0v) is 12.3. The molecule has 21 heavy (non-hydrogen) atoms. The van der Waals surface area contributed by atoms with E-state index in [2.05, 4.69) is 21.1 Å². The number of carbonyl (C=O) groups is 1. The fraction of sp³-hybridized carbons (Fsp3) is 0.0667. The van der Waals surface area contributed by atoms with Gasteiger partial charge < -0.3 is 14.4 Å². The monoisotopic (exact) mass is 347 g/mol. The molecule has 0 spiro atoms. The van der Waals surface area contributed by atoms with Crippen LogP contribution in [0.5, 0.6) is 5.75 Å². The van der Waals surface area contributed by atoms with Crippen LogP contribution in [-0.2, 0) is 6.61 Å². The van der Waals surface area contributed by atoms with Crippen LogP contribution in [0.1, 0.15) is 16.2 Å². The Hall–Kier alpha value is -2.34. The average Bonchev–Trinajstić information content (AvgIpc) is 2.96. The van der Waals surface area contributed by atoms with E-state index in [9.17, 15) is 4.79 Å². The number of hydrogen-bond donors (Lipinski definition) is 1. The van der Waals surface area contributed by atoms with Crippen molar-refractivity contribution in [1.82, 2.24) is 5.16 Å². The first-order valence-electron chi connectivity index (χ1n) is 6.14. The van der Waals surface area contributed by atoms with Crippen LogP contribution in [0, 0.1) is 0 Å². The smallest absolute Gasteiger partial charge is 0.358 e. The molecule has 0 unspecified atom stereocenters. The molecule has 0 aliphatic heterocycles. The van der Waals surface area contributed by atoms with Crippen molar-refractivity contribution in [3.05, 3.63) is 58.4 Å². The standard InChI is InChI=1S/C15H10BrNO4/c16-14-11-4-2-1-3-9(11)5-6-13(14)20-8-10-7-12(15(18)19)17-21-10/h1-7H,8H2,(H,18,19). The Morgan fingerprint density at radius 3 is 2.86 bits per heavy atom. The number of aromatic carboxylic acids is 1. The molecule has 3 rings (SSSR count). The molecule has 1 aromatic heterocycles. The first-order chi connectivity index (χ1) is 10.1. The predicted molar refractivity (Wildman–Crippen MR) is 79.4 cm³/mol.